The van der Waals surface area contributed by atoms with E-state index in [-0.39, 0.29) is 18.4 Å². The van der Waals surface area contributed by atoms with E-state index in [1.807, 2.05) is 18.2 Å². The van der Waals surface area contributed by atoms with Crippen molar-refractivity contribution in [2.24, 2.45) is 0 Å². The first-order valence-corrected chi connectivity index (χ1v) is 7.37. The van der Waals surface area contributed by atoms with Gasteiger partial charge in [0.25, 0.3) is 5.91 Å². The van der Waals surface area contributed by atoms with Gasteiger partial charge in [-0.15, -0.1) is 0 Å². The van der Waals surface area contributed by atoms with Crippen molar-refractivity contribution < 1.29 is 14.4 Å². The summed E-state index contributed by atoms with van der Waals surface area (Å²) in [5.41, 5.74) is 1.44. The molecular formula is C16H19N3O3. The Kier molecular flexibility index (Phi) is 3.39. The van der Waals surface area contributed by atoms with Crippen molar-refractivity contribution in [2.75, 3.05) is 13.1 Å². The lowest BCUT2D eigenvalue weighted by molar-refractivity contribution is -0.139. The number of fused-ring (bicyclic) bond motifs is 1. The van der Waals surface area contributed by atoms with Crippen molar-refractivity contribution in [3.63, 3.8) is 0 Å². The molecule has 6 nitrogen and oxygen atoms in total. The number of amides is 4. The molecule has 22 heavy (non-hydrogen) atoms. The molecule has 1 N–H and O–H groups in total. The highest BCUT2D eigenvalue weighted by atomic mass is 16.2. The molecule has 1 fully saturated rings. The maximum Gasteiger partial charge on any atom is 0.325 e. The molecule has 2 heterocycles. The van der Waals surface area contributed by atoms with E-state index in [1.54, 1.807) is 18.7 Å². The molecular weight excluding hydrogens is 282 g/mol. The summed E-state index contributed by atoms with van der Waals surface area (Å²) in [5, 5.41) is 2.58. The zero-order valence-electron chi connectivity index (χ0n) is 12.8. The van der Waals surface area contributed by atoms with E-state index in [2.05, 4.69) is 11.4 Å². The molecule has 116 valence electrons. The van der Waals surface area contributed by atoms with Crippen LogP contribution in [0.5, 0.6) is 0 Å². The number of carbonyl (C=O) groups excluding carboxylic acids is 3. The predicted octanol–water partition coefficient (Wildman–Crippen LogP) is 0.902. The molecule has 0 saturated carbocycles. The molecule has 4 amide bonds. The van der Waals surface area contributed by atoms with Gasteiger partial charge < -0.3 is 10.2 Å². The summed E-state index contributed by atoms with van der Waals surface area (Å²) < 4.78 is 0. The van der Waals surface area contributed by atoms with Crippen molar-refractivity contribution in [1.82, 2.24) is 15.1 Å². The molecule has 2 aliphatic heterocycles. The average Bonchev–Trinajstić information content (AvgIpc) is 2.68. The Labute approximate surface area is 129 Å². The minimum absolute atomic E-state index is 0.198. The van der Waals surface area contributed by atoms with Crippen LogP contribution >= 0.6 is 0 Å². The minimum atomic E-state index is -0.939. The first-order valence-electron chi connectivity index (χ1n) is 7.37. The molecule has 1 aromatic rings. The summed E-state index contributed by atoms with van der Waals surface area (Å²) in [7, 11) is 0. The Morgan fingerprint density at radius 2 is 1.91 bits per heavy atom. The largest absolute Gasteiger partial charge is 0.336 e. The van der Waals surface area contributed by atoms with E-state index >= 15 is 0 Å². The lowest BCUT2D eigenvalue weighted by Crippen LogP contribution is -2.45. The van der Waals surface area contributed by atoms with Gasteiger partial charge in [0, 0.05) is 13.1 Å². The molecule has 1 aromatic carbocycles. The quantitative estimate of drug-likeness (QED) is 0.825. The van der Waals surface area contributed by atoms with E-state index in [9.17, 15) is 14.4 Å². The molecule has 0 unspecified atom stereocenters. The van der Waals surface area contributed by atoms with Gasteiger partial charge in [-0.05, 0) is 31.4 Å². The maximum absolute atomic E-state index is 12.4. The number of nitrogens with one attached hydrogen (secondary N) is 1. The van der Waals surface area contributed by atoms with E-state index in [0.717, 1.165) is 16.9 Å². The number of imide groups is 1. The van der Waals surface area contributed by atoms with E-state index in [0.29, 0.717) is 13.1 Å². The third kappa shape index (κ3) is 2.45. The standard InChI is InChI=1S/C16H19N3O3/c1-16(2)14(21)19(15(22)17-16)10-13(20)18-8-7-11-5-3-4-6-12(11)9-18/h3-6H,7-10H2,1-2H3,(H,17,22). The normalized spacial score (nSPS) is 19.9. The van der Waals surface area contributed by atoms with Crippen LogP contribution in [0.4, 0.5) is 4.79 Å². The smallest absolute Gasteiger partial charge is 0.325 e. The fourth-order valence-corrected chi connectivity index (χ4v) is 2.91. The van der Waals surface area contributed by atoms with Crippen LogP contribution < -0.4 is 5.32 Å². The minimum Gasteiger partial charge on any atom is -0.336 e. The Morgan fingerprint density at radius 1 is 1.23 bits per heavy atom. The molecule has 6 heteroatoms. The zero-order valence-corrected chi connectivity index (χ0v) is 12.8. The molecule has 0 radical (unpaired) electrons. The number of hydrogen-bond donors (Lipinski definition) is 1. The van der Waals surface area contributed by atoms with E-state index in [4.69, 9.17) is 0 Å². The average molecular weight is 301 g/mol. The summed E-state index contributed by atoms with van der Waals surface area (Å²) in [6.45, 7) is 4.21. The number of hydrogen-bond acceptors (Lipinski definition) is 3. The van der Waals surface area contributed by atoms with Crippen LogP contribution in [0.25, 0.3) is 0 Å². The van der Waals surface area contributed by atoms with Gasteiger partial charge in [0.05, 0.1) is 0 Å². The SMILES string of the molecule is CC1(C)NC(=O)N(CC(=O)N2CCc3ccccc3C2)C1=O. The molecule has 0 atom stereocenters. The third-order valence-corrected chi connectivity index (χ3v) is 4.22. The van der Waals surface area contributed by atoms with E-state index < -0.39 is 11.6 Å². The second kappa shape index (κ2) is 5.12. The van der Waals surface area contributed by atoms with Crippen LogP contribution in [0.15, 0.2) is 24.3 Å². The van der Waals surface area contributed by atoms with Gasteiger partial charge in [0.15, 0.2) is 0 Å². The van der Waals surface area contributed by atoms with Gasteiger partial charge >= 0.3 is 6.03 Å². The van der Waals surface area contributed by atoms with Crippen LogP contribution in [0, 0.1) is 0 Å². The van der Waals surface area contributed by atoms with Crippen LogP contribution in [-0.4, -0.2) is 46.3 Å². The monoisotopic (exact) mass is 301 g/mol. The first kappa shape index (κ1) is 14.6. The molecule has 2 aliphatic rings. The van der Waals surface area contributed by atoms with Crippen LogP contribution in [0.2, 0.25) is 0 Å². The number of carbonyl (C=O) groups is 3. The van der Waals surface area contributed by atoms with E-state index in [1.165, 1.54) is 5.56 Å². The first-order chi connectivity index (χ1) is 10.4. The van der Waals surface area contributed by atoms with Crippen molar-refractivity contribution in [2.45, 2.75) is 32.4 Å². The summed E-state index contributed by atoms with van der Waals surface area (Å²) in [4.78, 5) is 39.1. The van der Waals surface area contributed by atoms with Crippen molar-refractivity contribution in [3.05, 3.63) is 35.4 Å². The fourth-order valence-electron chi connectivity index (χ4n) is 2.91. The lowest BCUT2D eigenvalue weighted by Gasteiger charge is -2.30. The number of benzene rings is 1. The van der Waals surface area contributed by atoms with Gasteiger partial charge in [-0.2, -0.15) is 0 Å². The molecule has 1 saturated heterocycles. The highest BCUT2D eigenvalue weighted by molar-refractivity contribution is 6.08. The topological polar surface area (TPSA) is 69.7 Å². The molecule has 0 spiro atoms. The Morgan fingerprint density at radius 3 is 2.55 bits per heavy atom. The molecule has 0 bridgehead atoms. The molecule has 0 aromatic heterocycles. The second-order valence-electron chi connectivity index (χ2n) is 6.28. The number of rotatable bonds is 2. The fraction of sp³-hybridized carbons (Fsp3) is 0.438. The van der Waals surface area contributed by atoms with Gasteiger partial charge in [-0.25, -0.2) is 4.79 Å². The van der Waals surface area contributed by atoms with Crippen molar-refractivity contribution >= 4 is 17.8 Å². The Bertz CT molecular complexity index is 654. The summed E-state index contributed by atoms with van der Waals surface area (Å²) in [6, 6.07) is 7.52. The Balaban J connectivity index is 1.69. The number of nitrogens with zero attached hydrogens (tertiary/aromatic N) is 2. The summed E-state index contributed by atoms with van der Waals surface area (Å²) >= 11 is 0. The lowest BCUT2D eigenvalue weighted by atomic mass is 10.00. The van der Waals surface area contributed by atoms with Crippen LogP contribution in [0.3, 0.4) is 0 Å². The molecule has 0 aliphatic carbocycles. The highest BCUT2D eigenvalue weighted by Crippen LogP contribution is 2.20. The Hall–Kier alpha value is -2.37. The van der Waals surface area contributed by atoms with Crippen molar-refractivity contribution in [1.29, 1.82) is 0 Å². The maximum atomic E-state index is 12.4. The number of urea groups is 1. The van der Waals surface area contributed by atoms with Gasteiger partial charge in [0.2, 0.25) is 5.91 Å². The van der Waals surface area contributed by atoms with Crippen LogP contribution in [0.1, 0.15) is 25.0 Å². The van der Waals surface area contributed by atoms with Crippen molar-refractivity contribution in [3.8, 4) is 0 Å². The van der Waals surface area contributed by atoms with Gasteiger partial charge in [0.1, 0.15) is 12.1 Å². The summed E-state index contributed by atoms with van der Waals surface area (Å²) in [6.07, 6.45) is 0.799. The highest BCUT2D eigenvalue weighted by Gasteiger charge is 2.45. The third-order valence-electron chi connectivity index (χ3n) is 4.22. The molecule has 3 rings (SSSR count). The summed E-state index contributed by atoms with van der Waals surface area (Å²) in [5.74, 6) is -0.557. The zero-order chi connectivity index (χ0) is 15.9. The second-order valence-corrected chi connectivity index (χ2v) is 6.28. The van der Waals surface area contributed by atoms with Gasteiger partial charge in [-0.1, -0.05) is 24.3 Å². The van der Waals surface area contributed by atoms with Gasteiger partial charge in [-0.3, -0.25) is 14.5 Å². The van der Waals surface area contributed by atoms with Crippen LogP contribution in [-0.2, 0) is 22.6 Å². The predicted molar refractivity (Wildman–Crippen MR) is 79.9 cm³/mol.